The molecule has 0 bridgehead atoms. The molecule has 0 unspecified atom stereocenters. The minimum absolute atomic E-state index is 0.0250. The van der Waals surface area contributed by atoms with Gasteiger partial charge in [0, 0.05) is 19.8 Å². The number of hydrogen-bond donors (Lipinski definition) is 4. The molecule has 30 heavy (non-hydrogen) atoms. The van der Waals surface area contributed by atoms with Crippen molar-refractivity contribution in [3.8, 4) is 0 Å². The summed E-state index contributed by atoms with van der Waals surface area (Å²) in [5.41, 5.74) is 1.02. The van der Waals surface area contributed by atoms with Crippen molar-refractivity contribution in [2.24, 2.45) is 0 Å². The predicted octanol–water partition coefficient (Wildman–Crippen LogP) is 1.38. The van der Waals surface area contributed by atoms with Gasteiger partial charge >= 0.3 is 11.9 Å². The topological polar surface area (TPSA) is 133 Å². The average Bonchev–Trinajstić information content (AvgIpc) is 2.67. The molecule has 2 aromatic rings. The second-order valence-corrected chi connectivity index (χ2v) is 6.69. The fourth-order valence-corrected chi connectivity index (χ4v) is 2.85. The lowest BCUT2D eigenvalue weighted by Gasteiger charge is -2.21. The van der Waals surface area contributed by atoms with Gasteiger partial charge in [0.05, 0.1) is 5.56 Å². The number of benzene rings is 2. The Morgan fingerprint density at radius 1 is 0.900 bits per heavy atom. The zero-order valence-corrected chi connectivity index (χ0v) is 16.1. The Kier molecular flexibility index (Phi) is 7.62. The molecule has 0 aliphatic rings. The summed E-state index contributed by atoms with van der Waals surface area (Å²) in [7, 11) is 0. The SMILES string of the molecule is CC(=O)N[C@@H](Cc1cccc(F)c1)C(=O)N[C@@H](Cc1ccc(C(=O)O)cc1)C(=O)O. The average molecular weight is 416 g/mol. The number of rotatable bonds is 9. The molecule has 2 amide bonds. The molecule has 0 radical (unpaired) electrons. The first-order valence-corrected chi connectivity index (χ1v) is 9.02. The van der Waals surface area contributed by atoms with E-state index in [1.807, 2.05) is 0 Å². The van der Waals surface area contributed by atoms with Gasteiger partial charge in [-0.05, 0) is 35.4 Å². The fraction of sp³-hybridized carbons (Fsp3) is 0.238. The standard InChI is InChI=1S/C21H21FN2O6/c1-12(25)23-17(11-14-3-2-4-16(22)9-14)19(26)24-18(21(29)30)10-13-5-7-15(8-6-13)20(27)28/h2-9,17-18H,10-11H2,1H3,(H,23,25)(H,24,26)(H,27,28)(H,29,30)/t17-,18-/m0/s1. The highest BCUT2D eigenvalue weighted by Crippen LogP contribution is 2.10. The van der Waals surface area contributed by atoms with Gasteiger partial charge in [0.15, 0.2) is 0 Å². The van der Waals surface area contributed by atoms with Crippen molar-refractivity contribution in [1.82, 2.24) is 10.6 Å². The Balaban J connectivity index is 2.13. The van der Waals surface area contributed by atoms with Crippen LogP contribution in [0.3, 0.4) is 0 Å². The molecule has 0 aromatic heterocycles. The van der Waals surface area contributed by atoms with E-state index >= 15 is 0 Å². The third-order valence-corrected chi connectivity index (χ3v) is 4.28. The minimum Gasteiger partial charge on any atom is -0.480 e. The van der Waals surface area contributed by atoms with Crippen LogP contribution in [0.15, 0.2) is 48.5 Å². The summed E-state index contributed by atoms with van der Waals surface area (Å²) in [4.78, 5) is 46.7. The van der Waals surface area contributed by atoms with E-state index < -0.39 is 41.7 Å². The van der Waals surface area contributed by atoms with Crippen LogP contribution in [0, 0.1) is 5.82 Å². The summed E-state index contributed by atoms with van der Waals surface area (Å²) < 4.78 is 13.4. The van der Waals surface area contributed by atoms with E-state index in [-0.39, 0.29) is 18.4 Å². The highest BCUT2D eigenvalue weighted by atomic mass is 19.1. The molecule has 8 nitrogen and oxygen atoms in total. The Bertz CT molecular complexity index is 945. The number of halogens is 1. The van der Waals surface area contributed by atoms with Crippen LogP contribution in [0.1, 0.15) is 28.4 Å². The number of carbonyl (C=O) groups excluding carboxylic acids is 2. The Morgan fingerprint density at radius 2 is 1.53 bits per heavy atom. The first kappa shape index (κ1) is 22.5. The number of nitrogens with one attached hydrogen (secondary N) is 2. The molecule has 158 valence electrons. The molecule has 0 heterocycles. The van der Waals surface area contributed by atoms with E-state index in [0.717, 1.165) is 0 Å². The zero-order chi connectivity index (χ0) is 22.3. The molecule has 2 rings (SSSR count). The smallest absolute Gasteiger partial charge is 0.335 e. The highest BCUT2D eigenvalue weighted by molar-refractivity contribution is 5.90. The molecule has 0 spiro atoms. The monoisotopic (exact) mass is 416 g/mol. The molecule has 2 atom stereocenters. The van der Waals surface area contributed by atoms with Crippen LogP contribution in [0.2, 0.25) is 0 Å². The Labute approximate surface area is 171 Å². The van der Waals surface area contributed by atoms with Crippen LogP contribution < -0.4 is 10.6 Å². The first-order chi connectivity index (χ1) is 14.2. The van der Waals surface area contributed by atoms with Gasteiger partial charge < -0.3 is 20.8 Å². The maximum atomic E-state index is 13.4. The van der Waals surface area contributed by atoms with Crippen LogP contribution >= 0.6 is 0 Å². The van der Waals surface area contributed by atoms with Crippen molar-refractivity contribution in [2.45, 2.75) is 31.8 Å². The van der Waals surface area contributed by atoms with Gasteiger partial charge in [0.1, 0.15) is 17.9 Å². The maximum Gasteiger partial charge on any atom is 0.335 e. The van der Waals surface area contributed by atoms with Gasteiger partial charge in [0.2, 0.25) is 11.8 Å². The largest absolute Gasteiger partial charge is 0.480 e. The van der Waals surface area contributed by atoms with E-state index in [0.29, 0.717) is 11.1 Å². The summed E-state index contributed by atoms with van der Waals surface area (Å²) in [6, 6.07) is 8.71. The second kappa shape index (κ2) is 10.1. The van der Waals surface area contributed by atoms with E-state index in [9.17, 15) is 28.7 Å². The summed E-state index contributed by atoms with van der Waals surface area (Å²) in [5, 5.41) is 23.2. The minimum atomic E-state index is -1.31. The summed E-state index contributed by atoms with van der Waals surface area (Å²) in [5.74, 6) is -4.13. The zero-order valence-electron chi connectivity index (χ0n) is 16.1. The molecular weight excluding hydrogens is 395 g/mol. The van der Waals surface area contributed by atoms with Crippen molar-refractivity contribution in [2.75, 3.05) is 0 Å². The van der Waals surface area contributed by atoms with Crippen LogP contribution in [-0.2, 0) is 27.2 Å². The second-order valence-electron chi connectivity index (χ2n) is 6.69. The van der Waals surface area contributed by atoms with Crippen molar-refractivity contribution >= 4 is 23.8 Å². The summed E-state index contributed by atoms with van der Waals surface area (Å²) >= 11 is 0. The van der Waals surface area contributed by atoms with E-state index in [2.05, 4.69) is 10.6 Å². The number of carboxylic acid groups (broad SMARTS) is 2. The van der Waals surface area contributed by atoms with Crippen LogP contribution in [0.4, 0.5) is 4.39 Å². The van der Waals surface area contributed by atoms with Gasteiger partial charge in [-0.25, -0.2) is 14.0 Å². The molecule has 4 N–H and O–H groups in total. The number of aliphatic carboxylic acids is 1. The number of aromatic carboxylic acids is 1. The Hall–Kier alpha value is -3.75. The van der Waals surface area contributed by atoms with Gasteiger partial charge in [-0.15, -0.1) is 0 Å². The molecule has 0 saturated carbocycles. The van der Waals surface area contributed by atoms with Gasteiger partial charge in [0.25, 0.3) is 0 Å². The number of carboxylic acids is 2. The summed E-state index contributed by atoms with van der Waals surface area (Å²) in [6.45, 7) is 1.21. The molecule has 0 aliphatic carbocycles. The third-order valence-electron chi connectivity index (χ3n) is 4.28. The molecule has 2 aromatic carbocycles. The summed E-state index contributed by atoms with van der Waals surface area (Å²) in [6.07, 6.45) is -0.115. The van der Waals surface area contributed by atoms with Crippen LogP contribution in [0.5, 0.6) is 0 Å². The van der Waals surface area contributed by atoms with E-state index in [4.69, 9.17) is 5.11 Å². The predicted molar refractivity (Wildman–Crippen MR) is 104 cm³/mol. The number of hydrogen-bond acceptors (Lipinski definition) is 4. The van der Waals surface area contributed by atoms with Gasteiger partial charge in [-0.3, -0.25) is 9.59 Å². The van der Waals surface area contributed by atoms with Crippen molar-refractivity contribution < 1.29 is 33.8 Å². The van der Waals surface area contributed by atoms with E-state index in [1.165, 1.54) is 49.4 Å². The maximum absolute atomic E-state index is 13.4. The third kappa shape index (κ3) is 6.69. The van der Waals surface area contributed by atoms with Crippen LogP contribution in [-0.4, -0.2) is 46.0 Å². The van der Waals surface area contributed by atoms with Crippen LogP contribution in [0.25, 0.3) is 0 Å². The molecule has 0 saturated heterocycles. The Morgan fingerprint density at radius 3 is 2.07 bits per heavy atom. The van der Waals surface area contributed by atoms with Crippen molar-refractivity contribution in [3.63, 3.8) is 0 Å². The fourth-order valence-electron chi connectivity index (χ4n) is 2.85. The van der Waals surface area contributed by atoms with Crippen molar-refractivity contribution in [3.05, 3.63) is 71.0 Å². The normalized spacial score (nSPS) is 12.5. The molecule has 9 heteroatoms. The lowest BCUT2D eigenvalue weighted by molar-refractivity contribution is -0.142. The lowest BCUT2D eigenvalue weighted by Crippen LogP contribution is -2.52. The first-order valence-electron chi connectivity index (χ1n) is 9.02. The van der Waals surface area contributed by atoms with Gasteiger partial charge in [-0.2, -0.15) is 0 Å². The van der Waals surface area contributed by atoms with E-state index in [1.54, 1.807) is 6.07 Å². The van der Waals surface area contributed by atoms with Gasteiger partial charge in [-0.1, -0.05) is 24.3 Å². The number of carbonyl (C=O) groups is 4. The molecule has 0 fully saturated rings. The lowest BCUT2D eigenvalue weighted by atomic mass is 10.0. The quantitative estimate of drug-likeness (QED) is 0.488. The molecule has 0 aliphatic heterocycles. The molecular formula is C21H21FN2O6. The highest BCUT2D eigenvalue weighted by Gasteiger charge is 2.26. The van der Waals surface area contributed by atoms with Crippen molar-refractivity contribution in [1.29, 1.82) is 0 Å². The number of amides is 2.